The van der Waals surface area contributed by atoms with Crippen molar-refractivity contribution in [3.8, 4) is 0 Å². The van der Waals surface area contributed by atoms with Crippen molar-refractivity contribution < 1.29 is 0 Å². The Hall–Kier alpha value is 1.31. The van der Waals surface area contributed by atoms with Gasteiger partial charge in [0.1, 0.15) is 0 Å². The Labute approximate surface area is 123 Å². The maximum Gasteiger partial charge on any atom is 0.0804 e. The van der Waals surface area contributed by atoms with Crippen LogP contribution in [-0.4, -0.2) is 20.5 Å². The predicted molar refractivity (Wildman–Crippen MR) is 79.2 cm³/mol. The minimum atomic E-state index is -0.624. The van der Waals surface area contributed by atoms with Crippen LogP contribution < -0.4 is 0 Å². The monoisotopic (exact) mass is 396 g/mol. The third-order valence-corrected chi connectivity index (χ3v) is 4.89. The van der Waals surface area contributed by atoms with E-state index in [1.807, 2.05) is 26.0 Å². The van der Waals surface area contributed by atoms with Crippen LogP contribution in [0, 0.1) is 0 Å². The predicted octanol–water partition coefficient (Wildman–Crippen LogP) is 5.45. The first-order chi connectivity index (χ1) is 6.75. The summed E-state index contributed by atoms with van der Waals surface area (Å²) in [6, 6.07) is 0. The second-order valence-corrected chi connectivity index (χ2v) is 6.85. The average Bonchev–Trinajstić information content (AvgIpc) is 2.14. The SMILES string of the molecule is C[C@@](Cl)(/C=C/[C@H](Cl)[C@](C)(Cl)/C=C/Br)CBr. The molecule has 0 aliphatic carbocycles. The zero-order valence-electron chi connectivity index (χ0n) is 8.48. The standard InChI is InChI=1S/C10H13Br2Cl3/c1-9(14,7-12)4-3-8(13)10(2,15)5-6-11/h3-6,8H,7H2,1-2H3/b4-3+,6-5+/t8-,9+,10+/m0/s1. The molecule has 0 saturated carbocycles. The summed E-state index contributed by atoms with van der Waals surface area (Å²) >= 11 is 25.0. The highest BCUT2D eigenvalue weighted by Gasteiger charge is 2.26. The lowest BCUT2D eigenvalue weighted by Crippen LogP contribution is -2.26. The molecule has 0 bridgehead atoms. The van der Waals surface area contributed by atoms with Gasteiger partial charge in [-0.25, -0.2) is 0 Å². The van der Waals surface area contributed by atoms with Gasteiger partial charge in [-0.15, -0.1) is 34.8 Å². The van der Waals surface area contributed by atoms with Crippen LogP contribution >= 0.6 is 66.7 Å². The Bertz CT molecular complexity index is 247. The van der Waals surface area contributed by atoms with Gasteiger partial charge in [0.05, 0.1) is 15.1 Å². The fourth-order valence-electron chi connectivity index (χ4n) is 0.733. The van der Waals surface area contributed by atoms with Crippen LogP contribution in [0.25, 0.3) is 0 Å². The summed E-state index contributed by atoms with van der Waals surface area (Å²) in [4.78, 5) is 0.645. The van der Waals surface area contributed by atoms with Crippen molar-refractivity contribution in [3.63, 3.8) is 0 Å². The molecule has 0 unspecified atom stereocenters. The summed E-state index contributed by atoms with van der Waals surface area (Å²) in [7, 11) is 0. The topological polar surface area (TPSA) is 0 Å². The van der Waals surface area contributed by atoms with E-state index in [0.29, 0.717) is 5.33 Å². The van der Waals surface area contributed by atoms with E-state index in [-0.39, 0.29) is 5.38 Å². The average molecular weight is 399 g/mol. The Morgan fingerprint density at radius 2 is 1.80 bits per heavy atom. The van der Waals surface area contributed by atoms with Gasteiger partial charge in [-0.2, -0.15) is 0 Å². The first-order valence-electron chi connectivity index (χ1n) is 4.30. The molecule has 3 atom stereocenters. The molecule has 0 N–H and O–H groups in total. The van der Waals surface area contributed by atoms with Crippen molar-refractivity contribution in [2.45, 2.75) is 29.0 Å². The maximum absolute atomic E-state index is 6.20. The molecule has 0 nitrogen and oxygen atoms in total. The third-order valence-electron chi connectivity index (χ3n) is 1.80. The number of halogens is 5. The van der Waals surface area contributed by atoms with Crippen LogP contribution in [0.4, 0.5) is 0 Å². The molecule has 0 saturated heterocycles. The maximum atomic E-state index is 6.20. The molecule has 0 aliphatic rings. The van der Waals surface area contributed by atoms with E-state index in [0.717, 1.165) is 0 Å². The molecule has 0 aromatic heterocycles. The molecule has 15 heavy (non-hydrogen) atoms. The molecule has 0 rings (SSSR count). The molecule has 0 aromatic rings. The third kappa shape index (κ3) is 6.58. The number of hydrogen-bond acceptors (Lipinski definition) is 0. The Balaban J connectivity index is 4.55. The molecule has 0 aliphatic heterocycles. The van der Waals surface area contributed by atoms with Crippen molar-refractivity contribution in [2.24, 2.45) is 0 Å². The molecule has 0 radical (unpaired) electrons. The highest BCUT2D eigenvalue weighted by atomic mass is 79.9. The normalized spacial score (nSPS) is 22.9. The van der Waals surface area contributed by atoms with E-state index in [4.69, 9.17) is 34.8 Å². The number of hydrogen-bond donors (Lipinski definition) is 0. The zero-order valence-corrected chi connectivity index (χ0v) is 13.9. The Morgan fingerprint density at radius 1 is 1.27 bits per heavy atom. The van der Waals surface area contributed by atoms with Crippen molar-refractivity contribution >= 4 is 66.7 Å². The van der Waals surface area contributed by atoms with Gasteiger partial charge in [-0.3, -0.25) is 0 Å². The second-order valence-electron chi connectivity index (χ2n) is 3.62. The van der Waals surface area contributed by atoms with Crippen LogP contribution in [-0.2, 0) is 0 Å². The summed E-state index contributed by atoms with van der Waals surface area (Å²) in [5.74, 6) is 0. The van der Waals surface area contributed by atoms with Gasteiger partial charge in [0, 0.05) is 5.33 Å². The largest absolute Gasteiger partial charge is 0.116 e. The first-order valence-corrected chi connectivity index (χ1v) is 7.53. The van der Waals surface area contributed by atoms with Gasteiger partial charge in [-0.05, 0) is 18.8 Å². The minimum absolute atomic E-state index is 0.315. The van der Waals surface area contributed by atoms with Crippen LogP contribution in [0.3, 0.4) is 0 Å². The number of alkyl halides is 4. The lowest BCUT2D eigenvalue weighted by Gasteiger charge is -2.22. The second kappa shape index (κ2) is 6.90. The van der Waals surface area contributed by atoms with Gasteiger partial charge in [0.25, 0.3) is 0 Å². The summed E-state index contributed by atoms with van der Waals surface area (Å²) in [6.07, 6.45) is 5.45. The summed E-state index contributed by atoms with van der Waals surface area (Å²) in [5.41, 5.74) is 0. The lowest BCUT2D eigenvalue weighted by atomic mass is 10.0. The molecule has 0 fully saturated rings. The fourth-order valence-corrected chi connectivity index (χ4v) is 1.98. The Kier molecular flexibility index (Phi) is 7.51. The van der Waals surface area contributed by atoms with Crippen LogP contribution in [0.1, 0.15) is 13.8 Å². The van der Waals surface area contributed by atoms with Gasteiger partial charge < -0.3 is 0 Å². The van der Waals surface area contributed by atoms with Crippen LogP contribution in [0.2, 0.25) is 0 Å². The summed E-state index contributed by atoms with van der Waals surface area (Å²) < 4.78 is 0. The van der Waals surface area contributed by atoms with Gasteiger partial charge in [-0.1, -0.05) is 50.1 Å². The van der Waals surface area contributed by atoms with E-state index < -0.39 is 9.75 Å². The van der Waals surface area contributed by atoms with Gasteiger partial charge >= 0.3 is 0 Å². The van der Waals surface area contributed by atoms with Crippen molar-refractivity contribution in [1.29, 1.82) is 0 Å². The fraction of sp³-hybridized carbons (Fsp3) is 0.600. The van der Waals surface area contributed by atoms with E-state index in [1.165, 1.54) is 0 Å². The molecule has 88 valence electrons. The molecule has 0 aromatic carbocycles. The van der Waals surface area contributed by atoms with Crippen molar-refractivity contribution in [2.75, 3.05) is 5.33 Å². The van der Waals surface area contributed by atoms with E-state index >= 15 is 0 Å². The zero-order chi connectivity index (χ0) is 12.1. The number of allylic oxidation sites excluding steroid dienone is 3. The molecule has 5 heteroatoms. The summed E-state index contributed by atoms with van der Waals surface area (Å²) in [6.45, 7) is 3.74. The smallest absolute Gasteiger partial charge is 0.0804 e. The first kappa shape index (κ1) is 16.3. The van der Waals surface area contributed by atoms with Crippen LogP contribution in [0.15, 0.2) is 23.2 Å². The molecular weight excluding hydrogens is 386 g/mol. The summed E-state index contributed by atoms with van der Waals surface area (Å²) in [5, 5.41) is 0.347. The molecule has 0 spiro atoms. The van der Waals surface area contributed by atoms with E-state index in [2.05, 4.69) is 31.9 Å². The van der Waals surface area contributed by atoms with Crippen molar-refractivity contribution in [1.82, 2.24) is 0 Å². The molecule has 0 heterocycles. The van der Waals surface area contributed by atoms with Gasteiger partial charge in [0.2, 0.25) is 0 Å². The molecule has 0 amide bonds. The highest BCUT2D eigenvalue weighted by molar-refractivity contribution is 9.11. The van der Waals surface area contributed by atoms with E-state index in [1.54, 1.807) is 11.1 Å². The Morgan fingerprint density at radius 3 is 2.20 bits per heavy atom. The van der Waals surface area contributed by atoms with E-state index in [9.17, 15) is 0 Å². The minimum Gasteiger partial charge on any atom is -0.116 e. The quantitative estimate of drug-likeness (QED) is 0.426. The number of rotatable bonds is 5. The van der Waals surface area contributed by atoms with Crippen LogP contribution in [0.5, 0.6) is 0 Å². The highest BCUT2D eigenvalue weighted by Crippen LogP contribution is 2.29. The lowest BCUT2D eigenvalue weighted by molar-refractivity contribution is 0.790. The van der Waals surface area contributed by atoms with Crippen molar-refractivity contribution in [3.05, 3.63) is 23.2 Å². The molecular formula is C10H13Br2Cl3. The van der Waals surface area contributed by atoms with Gasteiger partial charge in [0.15, 0.2) is 0 Å².